The molecule has 0 bridgehead atoms. The van der Waals surface area contributed by atoms with Crippen molar-refractivity contribution in [2.24, 2.45) is 0 Å². The van der Waals surface area contributed by atoms with Gasteiger partial charge >= 0.3 is 15.4 Å². The van der Waals surface area contributed by atoms with E-state index in [2.05, 4.69) is 0 Å². The molecule has 0 aliphatic rings. The lowest BCUT2D eigenvalue weighted by atomic mass is 10.1. The van der Waals surface area contributed by atoms with Gasteiger partial charge in [-0.3, -0.25) is 13.6 Å². The van der Waals surface area contributed by atoms with E-state index in [9.17, 15) is 18.8 Å². The molecule has 0 heterocycles. The summed E-state index contributed by atoms with van der Waals surface area (Å²) >= 11 is 0. The molecule has 0 radical (unpaired) electrons. The highest BCUT2D eigenvalue weighted by atomic mass is 31.2. The van der Waals surface area contributed by atoms with E-state index in [1.165, 1.54) is 13.8 Å². The molecule has 0 amide bonds. The van der Waals surface area contributed by atoms with Gasteiger partial charge in [-0.25, -0.2) is 13.5 Å². The first kappa shape index (κ1) is 21.9. The monoisotopic (exact) mass is 395 g/mol. The Bertz CT molecular complexity index is 688. The van der Waals surface area contributed by atoms with Gasteiger partial charge in [-0.05, 0) is 26.0 Å². The minimum absolute atomic E-state index is 0.0871. The number of nitriles is 1. The molecule has 0 fully saturated rings. The quantitative estimate of drug-likeness (QED) is 0.543. The van der Waals surface area contributed by atoms with Crippen molar-refractivity contribution in [3.05, 3.63) is 35.6 Å². The lowest BCUT2D eigenvalue weighted by molar-refractivity contribution is 0.0737. The number of phosphoric acid groups is 1. The standard InChI is InChI=1S/C14H20FNO7P2/c1-5-21-24(17,22-6-2)14(11-16,23-25(18,19-3)20-4)12-7-9-13(15)10-8-12/h7-10H,5-6H2,1-4H3. The molecule has 1 aromatic carbocycles. The van der Waals surface area contributed by atoms with E-state index in [1.54, 1.807) is 6.07 Å². The smallest absolute Gasteiger partial charge is 0.306 e. The van der Waals surface area contributed by atoms with Crippen molar-refractivity contribution in [3.8, 4) is 6.07 Å². The number of halogens is 1. The van der Waals surface area contributed by atoms with Crippen LogP contribution >= 0.6 is 15.4 Å². The van der Waals surface area contributed by atoms with E-state index in [0.717, 1.165) is 38.5 Å². The Labute approximate surface area is 145 Å². The first-order chi connectivity index (χ1) is 11.8. The Kier molecular flexibility index (Phi) is 7.91. The zero-order valence-corrected chi connectivity index (χ0v) is 16.1. The van der Waals surface area contributed by atoms with Crippen LogP contribution in [0.1, 0.15) is 19.4 Å². The molecule has 1 rings (SSSR count). The fraction of sp³-hybridized carbons (Fsp3) is 0.500. The molecule has 25 heavy (non-hydrogen) atoms. The van der Waals surface area contributed by atoms with Crippen molar-refractivity contribution in [3.63, 3.8) is 0 Å². The Morgan fingerprint density at radius 3 is 1.92 bits per heavy atom. The van der Waals surface area contributed by atoms with Crippen LogP contribution in [0.25, 0.3) is 0 Å². The average molecular weight is 395 g/mol. The Balaban J connectivity index is 3.69. The second-order valence-electron chi connectivity index (χ2n) is 4.50. The normalized spacial score (nSPS) is 14.7. The third-order valence-corrected chi connectivity index (χ3v) is 7.01. The molecular formula is C14H20FNO7P2. The van der Waals surface area contributed by atoms with Crippen LogP contribution in [-0.2, 0) is 37.1 Å². The topological polar surface area (TPSA) is 104 Å². The highest BCUT2D eigenvalue weighted by Crippen LogP contribution is 2.70. The maximum atomic E-state index is 13.3. The van der Waals surface area contributed by atoms with E-state index >= 15 is 0 Å². The number of hydrogen-bond donors (Lipinski definition) is 0. The summed E-state index contributed by atoms with van der Waals surface area (Å²) in [5.74, 6) is -0.597. The van der Waals surface area contributed by atoms with E-state index in [4.69, 9.17) is 22.6 Å². The van der Waals surface area contributed by atoms with Crippen molar-refractivity contribution in [1.29, 1.82) is 5.26 Å². The largest absolute Gasteiger partial charge is 0.476 e. The second-order valence-corrected chi connectivity index (χ2v) is 8.45. The van der Waals surface area contributed by atoms with Crippen LogP contribution in [0.4, 0.5) is 4.39 Å². The van der Waals surface area contributed by atoms with Crippen LogP contribution in [0.15, 0.2) is 24.3 Å². The lowest BCUT2D eigenvalue weighted by Crippen LogP contribution is -2.30. The number of benzene rings is 1. The predicted octanol–water partition coefficient (Wildman–Crippen LogP) is 4.19. The molecule has 11 heteroatoms. The van der Waals surface area contributed by atoms with Gasteiger partial charge in [0, 0.05) is 19.8 Å². The van der Waals surface area contributed by atoms with Crippen LogP contribution in [0.5, 0.6) is 0 Å². The fourth-order valence-electron chi connectivity index (χ4n) is 1.95. The van der Waals surface area contributed by atoms with Crippen molar-refractivity contribution < 1.29 is 36.1 Å². The van der Waals surface area contributed by atoms with Crippen molar-refractivity contribution in [2.75, 3.05) is 27.4 Å². The molecule has 8 nitrogen and oxygen atoms in total. The minimum Gasteiger partial charge on any atom is -0.306 e. The fourth-order valence-corrected chi connectivity index (χ4v) is 5.13. The third-order valence-electron chi connectivity index (χ3n) is 3.06. The molecule has 0 saturated heterocycles. The van der Waals surface area contributed by atoms with Gasteiger partial charge in [0.1, 0.15) is 11.9 Å². The van der Waals surface area contributed by atoms with Gasteiger partial charge in [-0.15, -0.1) is 0 Å². The molecule has 1 unspecified atom stereocenters. The molecule has 0 aliphatic heterocycles. The van der Waals surface area contributed by atoms with Crippen molar-refractivity contribution in [2.45, 2.75) is 19.2 Å². The molecule has 0 N–H and O–H groups in total. The van der Waals surface area contributed by atoms with Crippen LogP contribution in [0.2, 0.25) is 0 Å². The summed E-state index contributed by atoms with van der Waals surface area (Å²) < 4.78 is 64.2. The SMILES string of the molecule is CCOP(=O)(OCC)C(C#N)(OP(=O)(OC)OC)c1ccc(F)cc1. The van der Waals surface area contributed by atoms with Gasteiger partial charge in [-0.1, -0.05) is 12.1 Å². The Hall–Kier alpha value is -1.10. The van der Waals surface area contributed by atoms with E-state index in [1.807, 2.05) is 0 Å². The maximum absolute atomic E-state index is 13.3. The molecule has 0 saturated carbocycles. The molecule has 1 aromatic rings. The van der Waals surface area contributed by atoms with Crippen LogP contribution in [0, 0.1) is 17.1 Å². The van der Waals surface area contributed by atoms with Crippen LogP contribution < -0.4 is 0 Å². The minimum atomic E-state index is -4.36. The summed E-state index contributed by atoms with van der Waals surface area (Å²) in [6, 6.07) is 6.05. The zero-order chi connectivity index (χ0) is 19.1. The number of rotatable bonds is 10. The first-order valence-electron chi connectivity index (χ1n) is 7.25. The van der Waals surface area contributed by atoms with E-state index < -0.39 is 26.6 Å². The van der Waals surface area contributed by atoms with Crippen LogP contribution in [-0.4, -0.2) is 27.4 Å². The molecule has 140 valence electrons. The second kappa shape index (κ2) is 9.02. The summed E-state index contributed by atoms with van der Waals surface area (Å²) in [4.78, 5) is 0. The third kappa shape index (κ3) is 4.55. The molecule has 1 atom stereocenters. The van der Waals surface area contributed by atoms with Crippen molar-refractivity contribution in [1.82, 2.24) is 0 Å². The molecule has 0 spiro atoms. The van der Waals surface area contributed by atoms with Crippen molar-refractivity contribution >= 4 is 15.4 Å². The number of phosphoric ester groups is 1. The Morgan fingerprint density at radius 1 is 1.08 bits per heavy atom. The summed E-state index contributed by atoms with van der Waals surface area (Å²) in [6.45, 7) is 2.89. The summed E-state index contributed by atoms with van der Waals surface area (Å²) in [7, 11) is -6.58. The predicted molar refractivity (Wildman–Crippen MR) is 87.3 cm³/mol. The van der Waals surface area contributed by atoms with Gasteiger partial charge in [0.15, 0.2) is 0 Å². The Morgan fingerprint density at radius 2 is 1.56 bits per heavy atom. The van der Waals surface area contributed by atoms with Gasteiger partial charge in [0.2, 0.25) is 0 Å². The summed E-state index contributed by atoms with van der Waals surface area (Å²) in [5, 5.41) is 7.32. The van der Waals surface area contributed by atoms with Gasteiger partial charge in [0.05, 0.1) is 13.2 Å². The molecular weight excluding hydrogens is 375 g/mol. The summed E-state index contributed by atoms with van der Waals surface area (Å²) in [6.07, 6.45) is 0. The van der Waals surface area contributed by atoms with Gasteiger partial charge in [0.25, 0.3) is 5.34 Å². The van der Waals surface area contributed by atoms with Crippen LogP contribution in [0.3, 0.4) is 0 Å². The van der Waals surface area contributed by atoms with Gasteiger partial charge < -0.3 is 9.05 Å². The van der Waals surface area contributed by atoms with Gasteiger partial charge in [-0.2, -0.15) is 5.26 Å². The van der Waals surface area contributed by atoms with E-state index in [-0.39, 0.29) is 18.8 Å². The maximum Gasteiger partial charge on any atom is 0.476 e. The molecule has 0 aliphatic carbocycles. The lowest BCUT2D eigenvalue weighted by Gasteiger charge is -2.34. The highest BCUT2D eigenvalue weighted by molar-refractivity contribution is 7.56. The average Bonchev–Trinajstić information content (AvgIpc) is 2.60. The molecule has 0 aromatic heterocycles. The zero-order valence-electron chi connectivity index (χ0n) is 14.3. The first-order valence-corrected chi connectivity index (χ1v) is 10.3. The summed E-state index contributed by atoms with van der Waals surface area (Å²) in [5.41, 5.74) is -0.0871. The van der Waals surface area contributed by atoms with E-state index in [0.29, 0.717) is 0 Å². The number of nitrogens with zero attached hydrogens (tertiary/aromatic N) is 1. The highest BCUT2D eigenvalue weighted by Gasteiger charge is 2.59. The number of hydrogen-bond acceptors (Lipinski definition) is 8.